The zero-order valence-electron chi connectivity index (χ0n) is 16.4. The summed E-state index contributed by atoms with van der Waals surface area (Å²) in [5.74, 6) is 1.15. The second-order valence-corrected chi connectivity index (χ2v) is 7.30. The second kappa shape index (κ2) is 10.4. The number of H-pyrrole nitrogens is 1. The number of benzene rings is 1. The number of rotatable bonds is 7. The van der Waals surface area contributed by atoms with Crippen LogP contribution in [0.5, 0.6) is 0 Å². The lowest BCUT2D eigenvalue weighted by molar-refractivity contribution is -0.114. The topological polar surface area (TPSA) is 83.0 Å². The standard InChI is InChI=1S/C22H23N5OS/c1-16(28)27-20-15-18(11-12-24-20)22(23-2)29-19(21-25-13-14-26-21)10-6-9-17-7-4-3-5-8-17/h3-5,7-8,10-15H,6,9H2,1-2H3,(H,25,26)(H,24,27,28)/b19-10+,23-22?. The third kappa shape index (κ3) is 6.15. The third-order valence-corrected chi connectivity index (χ3v) is 5.25. The van der Waals surface area contributed by atoms with Crippen molar-refractivity contribution in [3.05, 3.63) is 84.1 Å². The van der Waals surface area contributed by atoms with Gasteiger partial charge in [-0.3, -0.25) is 9.79 Å². The SMILES string of the molecule is CN=C(S/C(=C/CCc1ccccc1)c1ncc[nH]1)c1ccnc(NC(C)=O)c1. The third-order valence-electron chi connectivity index (χ3n) is 4.06. The highest BCUT2D eigenvalue weighted by Gasteiger charge is 2.12. The first-order chi connectivity index (χ1) is 14.2. The minimum atomic E-state index is -0.158. The average Bonchev–Trinajstić information content (AvgIpc) is 3.26. The molecule has 2 N–H and O–H groups in total. The van der Waals surface area contributed by atoms with Crippen molar-refractivity contribution in [2.45, 2.75) is 19.8 Å². The summed E-state index contributed by atoms with van der Waals surface area (Å²) in [5, 5.41) is 3.53. The molecular formula is C22H23N5OS. The largest absolute Gasteiger partial charge is 0.344 e. The Labute approximate surface area is 174 Å². The molecule has 2 aromatic heterocycles. The van der Waals surface area contributed by atoms with Crippen molar-refractivity contribution < 1.29 is 4.79 Å². The van der Waals surface area contributed by atoms with Crippen LogP contribution in [0.2, 0.25) is 0 Å². The number of nitrogens with one attached hydrogen (secondary N) is 2. The number of amides is 1. The van der Waals surface area contributed by atoms with Crippen LogP contribution in [-0.2, 0) is 11.2 Å². The van der Waals surface area contributed by atoms with E-state index in [2.05, 4.69) is 55.6 Å². The number of thioether (sulfide) groups is 1. The van der Waals surface area contributed by atoms with Gasteiger partial charge in [0.05, 0.1) is 4.91 Å². The van der Waals surface area contributed by atoms with E-state index in [0.29, 0.717) is 5.82 Å². The summed E-state index contributed by atoms with van der Waals surface area (Å²) in [6, 6.07) is 14.1. The van der Waals surface area contributed by atoms with E-state index >= 15 is 0 Å². The van der Waals surface area contributed by atoms with E-state index in [9.17, 15) is 4.79 Å². The van der Waals surface area contributed by atoms with Crippen molar-refractivity contribution >= 4 is 33.4 Å². The van der Waals surface area contributed by atoms with Gasteiger partial charge in [0.1, 0.15) is 16.7 Å². The predicted molar refractivity (Wildman–Crippen MR) is 120 cm³/mol. The fourth-order valence-corrected chi connectivity index (χ4v) is 3.71. The number of hydrogen-bond acceptors (Lipinski definition) is 5. The molecule has 7 heteroatoms. The van der Waals surface area contributed by atoms with Gasteiger partial charge in [-0.05, 0) is 30.5 Å². The number of aryl methyl sites for hydroxylation is 1. The molecule has 6 nitrogen and oxygen atoms in total. The summed E-state index contributed by atoms with van der Waals surface area (Å²) < 4.78 is 0. The van der Waals surface area contributed by atoms with Crippen molar-refractivity contribution in [1.29, 1.82) is 0 Å². The molecule has 0 bridgehead atoms. The van der Waals surface area contributed by atoms with E-state index in [1.165, 1.54) is 12.5 Å². The molecule has 0 radical (unpaired) electrons. The highest BCUT2D eigenvalue weighted by molar-refractivity contribution is 8.22. The Morgan fingerprint density at radius 3 is 2.72 bits per heavy atom. The van der Waals surface area contributed by atoms with Gasteiger partial charge in [0.2, 0.25) is 5.91 Å². The number of nitrogens with zero attached hydrogens (tertiary/aromatic N) is 3. The van der Waals surface area contributed by atoms with E-state index in [0.717, 1.165) is 34.2 Å². The lowest BCUT2D eigenvalue weighted by atomic mass is 10.1. The Bertz CT molecular complexity index is 997. The lowest BCUT2D eigenvalue weighted by Crippen LogP contribution is -2.08. The number of aromatic amines is 1. The Morgan fingerprint density at radius 2 is 2.03 bits per heavy atom. The predicted octanol–water partition coefficient (Wildman–Crippen LogP) is 4.55. The smallest absolute Gasteiger partial charge is 0.222 e. The summed E-state index contributed by atoms with van der Waals surface area (Å²) in [6.07, 6.45) is 9.23. The fraction of sp³-hybridized carbons (Fsp3) is 0.182. The first-order valence-electron chi connectivity index (χ1n) is 9.28. The van der Waals surface area contributed by atoms with Gasteiger partial charge in [0.25, 0.3) is 0 Å². The molecule has 2 heterocycles. The summed E-state index contributed by atoms with van der Waals surface area (Å²) >= 11 is 1.54. The molecule has 0 unspecified atom stereocenters. The van der Waals surface area contributed by atoms with Crippen LogP contribution in [0.3, 0.4) is 0 Å². The molecule has 1 amide bonds. The van der Waals surface area contributed by atoms with Crippen LogP contribution in [-0.4, -0.2) is 33.0 Å². The van der Waals surface area contributed by atoms with Gasteiger partial charge in [0, 0.05) is 38.1 Å². The minimum Gasteiger partial charge on any atom is -0.344 e. The minimum absolute atomic E-state index is 0.158. The average molecular weight is 406 g/mol. The number of hydrogen-bond donors (Lipinski definition) is 2. The van der Waals surface area contributed by atoms with Gasteiger partial charge in [-0.2, -0.15) is 0 Å². The summed E-state index contributed by atoms with van der Waals surface area (Å²) in [5.41, 5.74) is 2.18. The number of allylic oxidation sites excluding steroid dienone is 1. The Morgan fingerprint density at radius 1 is 1.21 bits per heavy atom. The summed E-state index contributed by atoms with van der Waals surface area (Å²) in [4.78, 5) is 28.5. The lowest BCUT2D eigenvalue weighted by Gasteiger charge is -2.10. The molecule has 29 heavy (non-hydrogen) atoms. The van der Waals surface area contributed by atoms with Crippen LogP contribution in [0.4, 0.5) is 5.82 Å². The molecule has 0 aliphatic heterocycles. The first-order valence-corrected chi connectivity index (χ1v) is 10.1. The molecule has 0 saturated heterocycles. The second-order valence-electron chi connectivity index (χ2n) is 6.27. The maximum absolute atomic E-state index is 11.3. The number of aromatic nitrogens is 3. The molecule has 3 rings (SSSR count). The van der Waals surface area contributed by atoms with E-state index in [4.69, 9.17) is 0 Å². The number of carbonyl (C=O) groups is 1. The highest BCUT2D eigenvalue weighted by Crippen LogP contribution is 2.30. The van der Waals surface area contributed by atoms with Gasteiger partial charge in [-0.15, -0.1) is 0 Å². The number of aliphatic imine (C=N–C) groups is 1. The highest BCUT2D eigenvalue weighted by atomic mass is 32.2. The van der Waals surface area contributed by atoms with Crippen LogP contribution >= 0.6 is 11.8 Å². The van der Waals surface area contributed by atoms with Gasteiger partial charge >= 0.3 is 0 Å². The number of anilines is 1. The molecule has 1 aromatic carbocycles. The Kier molecular flexibility index (Phi) is 7.35. The maximum atomic E-state index is 11.3. The molecule has 148 valence electrons. The van der Waals surface area contributed by atoms with Crippen molar-refractivity contribution in [2.24, 2.45) is 4.99 Å². The van der Waals surface area contributed by atoms with Crippen LogP contribution < -0.4 is 5.32 Å². The van der Waals surface area contributed by atoms with Crippen LogP contribution in [0.1, 0.15) is 30.3 Å². The van der Waals surface area contributed by atoms with E-state index in [1.807, 2.05) is 24.4 Å². The summed E-state index contributed by atoms with van der Waals surface area (Å²) in [7, 11) is 1.75. The molecule has 0 spiro atoms. The van der Waals surface area contributed by atoms with Crippen molar-refractivity contribution in [1.82, 2.24) is 15.0 Å². The van der Waals surface area contributed by atoms with E-state index in [-0.39, 0.29) is 5.91 Å². The molecule has 3 aromatic rings. The number of pyridine rings is 1. The molecule has 0 saturated carbocycles. The number of carbonyl (C=O) groups excluding carboxylic acids is 1. The van der Waals surface area contributed by atoms with Crippen molar-refractivity contribution in [3.8, 4) is 0 Å². The molecular weight excluding hydrogens is 382 g/mol. The monoisotopic (exact) mass is 405 g/mol. The Balaban J connectivity index is 1.79. The van der Waals surface area contributed by atoms with E-state index in [1.54, 1.807) is 31.2 Å². The van der Waals surface area contributed by atoms with Gasteiger partial charge < -0.3 is 10.3 Å². The van der Waals surface area contributed by atoms with Crippen molar-refractivity contribution in [2.75, 3.05) is 12.4 Å². The summed E-state index contributed by atoms with van der Waals surface area (Å²) in [6.45, 7) is 1.46. The first kappa shape index (κ1) is 20.5. The quantitative estimate of drug-likeness (QED) is 0.446. The number of imidazole rings is 1. The molecule has 0 aliphatic carbocycles. The molecule has 0 atom stereocenters. The maximum Gasteiger partial charge on any atom is 0.222 e. The normalized spacial score (nSPS) is 12.1. The van der Waals surface area contributed by atoms with Gasteiger partial charge in [0.15, 0.2) is 0 Å². The molecule has 0 fully saturated rings. The van der Waals surface area contributed by atoms with Crippen LogP contribution in [0, 0.1) is 0 Å². The molecule has 0 aliphatic rings. The van der Waals surface area contributed by atoms with Gasteiger partial charge in [-0.1, -0.05) is 48.2 Å². The van der Waals surface area contributed by atoms with Crippen molar-refractivity contribution in [3.63, 3.8) is 0 Å². The fourth-order valence-electron chi connectivity index (χ4n) is 2.75. The van der Waals surface area contributed by atoms with Gasteiger partial charge in [-0.25, -0.2) is 9.97 Å². The zero-order valence-corrected chi connectivity index (χ0v) is 17.2. The van der Waals surface area contributed by atoms with Crippen LogP contribution in [0.15, 0.2) is 72.1 Å². The van der Waals surface area contributed by atoms with E-state index < -0.39 is 0 Å². The Hall–Kier alpha value is -3.19. The van der Waals surface area contributed by atoms with Crippen LogP contribution in [0.25, 0.3) is 4.91 Å². The zero-order chi connectivity index (χ0) is 20.5.